The van der Waals surface area contributed by atoms with Gasteiger partial charge in [-0.25, -0.2) is 34.3 Å². The van der Waals surface area contributed by atoms with Crippen molar-refractivity contribution < 1.29 is 38.9 Å². The van der Waals surface area contributed by atoms with Gasteiger partial charge in [-0.3, -0.25) is 9.97 Å². The Morgan fingerprint density at radius 1 is 0.679 bits per heavy atom. The molecule has 0 amide bonds. The van der Waals surface area contributed by atoms with Crippen LogP contribution in [0.3, 0.4) is 0 Å². The average Bonchev–Trinajstić information content (AvgIpc) is 3.08. The Morgan fingerprint density at radius 2 is 1.17 bits per heavy atom. The molecule has 0 aliphatic heterocycles. The second-order valence-electron chi connectivity index (χ2n) is 12.0. The number of aromatic nitrogens is 6. The lowest BCUT2D eigenvalue weighted by Crippen LogP contribution is -2.09. The van der Waals surface area contributed by atoms with Gasteiger partial charge in [0, 0.05) is 47.5 Å². The topological polar surface area (TPSA) is 212 Å². The smallest absolute Gasteiger partial charge is 0.373 e. The Labute approximate surface area is 313 Å². The predicted molar refractivity (Wildman–Crippen MR) is 202 cm³/mol. The fourth-order valence-electron chi connectivity index (χ4n) is 3.80. The van der Waals surface area contributed by atoms with Crippen LogP contribution >= 0.6 is 0 Å². The van der Waals surface area contributed by atoms with Gasteiger partial charge in [0.15, 0.2) is 11.4 Å². The van der Waals surface area contributed by atoms with E-state index in [1.165, 1.54) is 25.4 Å². The summed E-state index contributed by atoms with van der Waals surface area (Å²) < 4.78 is 4.60. The van der Waals surface area contributed by atoms with Crippen LogP contribution in [0.25, 0.3) is 0 Å². The second-order valence-corrected chi connectivity index (χ2v) is 12.0. The molecule has 0 fully saturated rings. The van der Waals surface area contributed by atoms with E-state index < -0.39 is 17.9 Å². The minimum atomic E-state index is -1.01. The molecule has 53 heavy (non-hydrogen) atoms. The number of carboxylic acids is 2. The third-order valence-electron chi connectivity index (χ3n) is 6.37. The van der Waals surface area contributed by atoms with Crippen LogP contribution in [0.2, 0.25) is 0 Å². The Kier molecular flexibility index (Phi) is 26.3. The molecule has 4 rings (SSSR count). The van der Waals surface area contributed by atoms with Crippen LogP contribution in [-0.4, -0.2) is 71.3 Å². The number of pyridine rings is 2. The highest BCUT2D eigenvalue weighted by Crippen LogP contribution is 2.17. The first-order chi connectivity index (χ1) is 23.9. The molecule has 4 heterocycles. The van der Waals surface area contributed by atoms with Gasteiger partial charge >= 0.3 is 24.1 Å². The van der Waals surface area contributed by atoms with Gasteiger partial charge in [-0.1, -0.05) is 76.3 Å². The van der Waals surface area contributed by atoms with Crippen LogP contribution in [0, 0.1) is 13.8 Å². The number of nitrogens with zero attached hydrogens (tertiary/aromatic N) is 6. The maximum atomic E-state index is 11.2. The molecule has 4 aromatic heterocycles. The van der Waals surface area contributed by atoms with Crippen molar-refractivity contribution in [3.63, 3.8) is 0 Å². The number of hydrogen-bond donors (Lipinski definition) is 2. The van der Waals surface area contributed by atoms with Crippen molar-refractivity contribution in [2.75, 3.05) is 7.11 Å². The summed E-state index contributed by atoms with van der Waals surface area (Å²) in [5, 5.41) is 17.5. The van der Waals surface area contributed by atoms with Crippen LogP contribution in [-0.2, 0) is 14.3 Å². The standard InChI is InChI=1S/C10H14N2O2.C9H12N2O2.C9H11NO2.C8H11N.CO2.2CH4/c1-6(2)9-11-7(3)5-8(12-9)10(13)14-4;1-5(2)8-10-6(3)4-7(11-8)9(12)13;1-6(2)8-5-10-4-3-7(8)9(11)12;1-7(2)8-5-3-4-6-9-8;2-1-3;;/h5-6H,1-4H3;4-5H,1-3H3,(H,12,13);3-6H,1-2H3,(H,11,12);3-7H,1-2H3;;2*1H4. The Bertz CT molecular complexity index is 1720. The van der Waals surface area contributed by atoms with Crippen molar-refractivity contribution in [1.82, 2.24) is 29.9 Å². The number of carboxylic acid groups (broad SMARTS) is 2. The maximum Gasteiger partial charge on any atom is 0.373 e. The lowest BCUT2D eigenvalue weighted by atomic mass is 10.00. The van der Waals surface area contributed by atoms with Crippen molar-refractivity contribution >= 4 is 24.1 Å². The lowest BCUT2D eigenvalue weighted by Gasteiger charge is -2.07. The van der Waals surface area contributed by atoms with E-state index >= 15 is 0 Å². The van der Waals surface area contributed by atoms with E-state index in [1.54, 1.807) is 19.2 Å². The van der Waals surface area contributed by atoms with Gasteiger partial charge in [0.25, 0.3) is 0 Å². The summed E-state index contributed by atoms with van der Waals surface area (Å²) in [7, 11) is 1.34. The molecule has 14 nitrogen and oxygen atoms in total. The number of aromatic carboxylic acids is 2. The van der Waals surface area contributed by atoms with Crippen LogP contribution < -0.4 is 0 Å². The van der Waals surface area contributed by atoms with Gasteiger partial charge < -0.3 is 14.9 Å². The van der Waals surface area contributed by atoms with Crippen molar-refractivity contribution in [3.05, 3.63) is 106 Å². The molecule has 290 valence electrons. The van der Waals surface area contributed by atoms with Gasteiger partial charge in [0.2, 0.25) is 0 Å². The van der Waals surface area contributed by atoms with Gasteiger partial charge in [-0.05, 0) is 61.6 Å². The fraction of sp³-hybridized carbons (Fsp3) is 0.436. The average molecular weight is 737 g/mol. The molecule has 0 radical (unpaired) electrons. The van der Waals surface area contributed by atoms with E-state index in [1.807, 2.05) is 72.9 Å². The zero-order chi connectivity index (χ0) is 39.3. The molecule has 14 heteroatoms. The zero-order valence-electron chi connectivity index (χ0n) is 31.0. The molecule has 0 bridgehead atoms. The number of methoxy groups -OCH3 is 1. The minimum absolute atomic E-state index is 0. The Hall–Kier alpha value is -5.75. The molecule has 0 atom stereocenters. The van der Waals surface area contributed by atoms with Crippen molar-refractivity contribution in [2.45, 2.75) is 108 Å². The number of ether oxygens (including phenoxy) is 1. The van der Waals surface area contributed by atoms with E-state index in [-0.39, 0.29) is 44.5 Å². The third-order valence-corrected chi connectivity index (χ3v) is 6.37. The number of hydrogen-bond acceptors (Lipinski definition) is 12. The van der Waals surface area contributed by atoms with E-state index in [0.717, 1.165) is 17.0 Å². The lowest BCUT2D eigenvalue weighted by molar-refractivity contribution is -0.191. The fourth-order valence-corrected chi connectivity index (χ4v) is 3.80. The number of carbonyl (C=O) groups excluding carboxylic acids is 3. The van der Waals surface area contributed by atoms with E-state index in [0.29, 0.717) is 34.5 Å². The minimum Gasteiger partial charge on any atom is -0.478 e. The molecule has 0 spiro atoms. The van der Waals surface area contributed by atoms with Gasteiger partial charge in [-0.15, -0.1) is 0 Å². The molecule has 0 saturated carbocycles. The van der Waals surface area contributed by atoms with Crippen molar-refractivity contribution in [2.24, 2.45) is 0 Å². The molecule has 0 saturated heterocycles. The maximum absolute atomic E-state index is 11.2. The number of aryl methyl sites for hydroxylation is 2. The van der Waals surface area contributed by atoms with Crippen molar-refractivity contribution in [1.29, 1.82) is 0 Å². The summed E-state index contributed by atoms with van der Waals surface area (Å²) in [6.45, 7) is 19.6. The highest BCUT2D eigenvalue weighted by Gasteiger charge is 2.13. The first-order valence-corrected chi connectivity index (χ1v) is 16.0. The van der Waals surface area contributed by atoms with Crippen LogP contribution in [0.5, 0.6) is 0 Å². The monoisotopic (exact) mass is 736 g/mol. The largest absolute Gasteiger partial charge is 0.478 e. The molecule has 2 N–H and O–H groups in total. The number of rotatable bonds is 7. The molecule has 0 aliphatic rings. The summed E-state index contributed by atoms with van der Waals surface area (Å²) in [6, 6.07) is 10.6. The van der Waals surface area contributed by atoms with Crippen LogP contribution in [0.1, 0.15) is 160 Å². The van der Waals surface area contributed by atoms with E-state index in [4.69, 9.17) is 19.8 Å². The van der Waals surface area contributed by atoms with Crippen molar-refractivity contribution in [3.8, 4) is 0 Å². The number of carbonyl (C=O) groups is 3. The molecule has 0 aliphatic carbocycles. The molecular formula is C39H56N6O8. The normalized spacial score (nSPS) is 9.49. The molecule has 0 aromatic carbocycles. The number of esters is 1. The van der Waals surface area contributed by atoms with E-state index in [2.05, 4.69) is 48.5 Å². The van der Waals surface area contributed by atoms with Gasteiger partial charge in [0.05, 0.1) is 12.7 Å². The van der Waals surface area contributed by atoms with Crippen LogP contribution in [0.15, 0.2) is 55.0 Å². The Morgan fingerprint density at radius 3 is 1.51 bits per heavy atom. The van der Waals surface area contributed by atoms with Gasteiger partial charge in [0.1, 0.15) is 11.6 Å². The first kappa shape index (κ1) is 51.6. The Balaban J connectivity index is -0.000000611. The highest BCUT2D eigenvalue weighted by molar-refractivity contribution is 5.89. The zero-order valence-corrected chi connectivity index (χ0v) is 31.0. The quantitative estimate of drug-likeness (QED) is 0.172. The summed E-state index contributed by atoms with van der Waals surface area (Å²) in [5.74, 6) is 0.0426. The second kappa shape index (κ2) is 27.0. The molecule has 4 aromatic rings. The van der Waals surface area contributed by atoms with E-state index in [9.17, 15) is 14.4 Å². The summed E-state index contributed by atoms with van der Waals surface area (Å²) in [4.78, 5) is 73.3. The molecule has 0 unspecified atom stereocenters. The van der Waals surface area contributed by atoms with Gasteiger partial charge in [-0.2, -0.15) is 9.59 Å². The summed E-state index contributed by atoms with van der Waals surface area (Å²) in [6.07, 6.45) is 5.18. The third kappa shape index (κ3) is 20.0. The van der Waals surface area contributed by atoms with Crippen LogP contribution in [0.4, 0.5) is 0 Å². The first-order valence-electron chi connectivity index (χ1n) is 16.0. The molecular weight excluding hydrogens is 680 g/mol. The predicted octanol–water partition coefficient (Wildman–Crippen LogP) is 8.10. The highest BCUT2D eigenvalue weighted by atomic mass is 16.5. The SMILES string of the molecule is C.C.CC(C)c1ccccn1.CC(C)c1cnccc1C(=O)O.COC(=O)c1cc(C)nc(C(C)C)n1.Cc1cc(C(=O)O)nc(C(C)C)n1.O=C=O. The summed E-state index contributed by atoms with van der Waals surface area (Å²) in [5.41, 5.74) is 4.16. The summed E-state index contributed by atoms with van der Waals surface area (Å²) >= 11 is 0.